The molecule has 33 heavy (non-hydrogen) atoms. The van der Waals surface area contributed by atoms with Crippen LogP contribution in [0.15, 0.2) is 20.9 Å². The molecule has 17 heteroatoms. The van der Waals surface area contributed by atoms with Gasteiger partial charge < -0.3 is 25.4 Å². The number of carbonyl (C=O) groups excluding carboxylic acids is 1. The van der Waals surface area contributed by atoms with Gasteiger partial charge in [0.2, 0.25) is 0 Å². The smallest absolute Gasteiger partial charge is 0.374 e. The Morgan fingerprint density at radius 3 is 2.58 bits per heavy atom. The number of nitrogens with one attached hydrogen (secondary N) is 1. The Bertz CT molecular complexity index is 1090. The molecule has 1 fully saturated rings. The van der Waals surface area contributed by atoms with Gasteiger partial charge in [0, 0.05) is 30.1 Å². The highest BCUT2D eigenvalue weighted by atomic mass is 31.2. The van der Waals surface area contributed by atoms with E-state index in [1.165, 1.54) is 13.1 Å². The molecule has 0 radical (unpaired) electrons. The van der Waals surface area contributed by atoms with Crippen molar-refractivity contribution < 1.29 is 29.0 Å². The number of aromatic amines is 1. The number of aliphatic hydroxyl groups excluding tert-OH is 1. The fourth-order valence-corrected chi connectivity index (χ4v) is 4.17. The number of hydrazine groups is 1. The highest BCUT2D eigenvalue weighted by molar-refractivity contribution is 7.49. The van der Waals surface area contributed by atoms with E-state index in [1.54, 1.807) is 13.8 Å². The van der Waals surface area contributed by atoms with Gasteiger partial charge in [0.25, 0.3) is 11.5 Å². The molecule has 2 rings (SSSR count). The van der Waals surface area contributed by atoms with Crippen LogP contribution in [0.25, 0.3) is 10.4 Å². The molecule has 0 saturated carbocycles. The van der Waals surface area contributed by atoms with Gasteiger partial charge in [-0.2, -0.15) is 9.79 Å². The minimum Gasteiger partial charge on any atom is -0.374 e. The number of nitrogens with two attached hydrogens (primary N) is 1. The number of aromatic nitrogens is 2. The molecular weight excluding hydrogens is 463 g/mol. The summed E-state index contributed by atoms with van der Waals surface area (Å²) in [4.78, 5) is 60.7. The van der Waals surface area contributed by atoms with Crippen molar-refractivity contribution in [2.24, 2.45) is 16.8 Å². The molecule has 6 N–H and O–H groups in total. The van der Waals surface area contributed by atoms with Crippen molar-refractivity contribution in [2.75, 3.05) is 7.05 Å². The molecule has 1 amide bonds. The second-order valence-corrected chi connectivity index (χ2v) is 9.35. The maximum absolute atomic E-state index is 12.7. The minimum atomic E-state index is -5.29. The summed E-state index contributed by atoms with van der Waals surface area (Å²) in [6.07, 6.45) is -3.28. The van der Waals surface area contributed by atoms with Crippen LogP contribution in [0.3, 0.4) is 0 Å². The van der Waals surface area contributed by atoms with Crippen LogP contribution in [0.1, 0.15) is 32.1 Å². The molecule has 0 aliphatic carbocycles. The largest absolute Gasteiger partial charge is 0.447 e. The summed E-state index contributed by atoms with van der Waals surface area (Å²) in [5.41, 5.74) is 13.4. The van der Waals surface area contributed by atoms with Gasteiger partial charge in [0.1, 0.15) is 12.3 Å². The lowest BCUT2D eigenvalue weighted by Gasteiger charge is -2.38. The zero-order chi connectivity index (χ0) is 25.2. The molecule has 1 saturated heterocycles. The van der Waals surface area contributed by atoms with Crippen molar-refractivity contribution in [1.82, 2.24) is 19.3 Å². The third-order valence-corrected chi connectivity index (χ3v) is 6.19. The number of aliphatic hydroxyl groups is 1. The maximum Gasteiger partial charge on any atom is 0.447 e. The first-order valence-corrected chi connectivity index (χ1v) is 11.3. The van der Waals surface area contributed by atoms with Crippen LogP contribution in [-0.4, -0.2) is 71.6 Å². The number of hydrogen-bond acceptors (Lipinski definition) is 9. The van der Waals surface area contributed by atoms with Gasteiger partial charge in [0.05, 0.1) is 12.1 Å². The predicted octanol–water partition coefficient (Wildman–Crippen LogP) is -1.12. The van der Waals surface area contributed by atoms with Gasteiger partial charge in [-0.25, -0.2) is 9.36 Å². The van der Waals surface area contributed by atoms with Crippen LogP contribution in [0.5, 0.6) is 0 Å². The lowest BCUT2D eigenvalue weighted by atomic mass is 10.1. The summed E-state index contributed by atoms with van der Waals surface area (Å²) in [6, 6.07) is -2.38. The average Bonchev–Trinajstić information content (AvgIpc) is 3.12. The van der Waals surface area contributed by atoms with E-state index in [9.17, 15) is 33.8 Å². The first kappa shape index (κ1) is 26.7. The lowest BCUT2D eigenvalue weighted by molar-refractivity contribution is -0.178. The number of H-pyrrole nitrogens is 1. The van der Waals surface area contributed by atoms with E-state index >= 15 is 0 Å². The molecule has 1 aliphatic heterocycles. The summed E-state index contributed by atoms with van der Waals surface area (Å²) in [5, 5.41) is 14.9. The highest BCUT2D eigenvalue weighted by Gasteiger charge is 2.47. The van der Waals surface area contributed by atoms with Crippen LogP contribution < -0.4 is 17.0 Å². The first-order valence-electron chi connectivity index (χ1n) is 9.78. The third kappa shape index (κ3) is 5.69. The Labute approximate surface area is 187 Å². The second-order valence-electron chi connectivity index (χ2n) is 7.94. The van der Waals surface area contributed by atoms with E-state index in [4.69, 9.17) is 16.0 Å². The highest BCUT2D eigenvalue weighted by Crippen LogP contribution is 2.43. The van der Waals surface area contributed by atoms with Crippen LogP contribution in [0.2, 0.25) is 0 Å². The van der Waals surface area contributed by atoms with Crippen molar-refractivity contribution in [3.05, 3.63) is 43.0 Å². The molecule has 1 aromatic rings. The van der Waals surface area contributed by atoms with E-state index in [2.05, 4.69) is 15.0 Å². The molecular formula is C16H27N8O8P. The fourth-order valence-electron chi connectivity index (χ4n) is 3.31. The number of amides is 1. The monoisotopic (exact) mass is 490 g/mol. The Balaban J connectivity index is 2.41. The maximum atomic E-state index is 12.7. The first-order chi connectivity index (χ1) is 15.2. The van der Waals surface area contributed by atoms with Crippen molar-refractivity contribution in [3.63, 3.8) is 0 Å². The molecule has 1 aromatic heterocycles. The van der Waals surface area contributed by atoms with Crippen molar-refractivity contribution >= 4 is 13.7 Å². The number of likely N-dealkylation sites (N-methyl/N-ethyl adjacent to an activating group) is 1. The Kier molecular flexibility index (Phi) is 8.22. The molecule has 1 unspecified atom stereocenters. The normalized spacial score (nSPS) is 22.8. The number of aryl methyl sites for hydroxylation is 1. The zero-order valence-corrected chi connectivity index (χ0v) is 19.2. The minimum absolute atomic E-state index is 0.0302. The molecule has 1 aliphatic rings. The summed E-state index contributed by atoms with van der Waals surface area (Å²) in [5.74, 6) is -1.63. The van der Waals surface area contributed by atoms with Crippen molar-refractivity contribution in [2.45, 2.75) is 57.8 Å². The average molecular weight is 490 g/mol. The Morgan fingerprint density at radius 2 is 2.06 bits per heavy atom. The topological polar surface area (TPSA) is 240 Å². The van der Waals surface area contributed by atoms with Crippen LogP contribution in [0.4, 0.5) is 0 Å². The molecule has 184 valence electrons. The standard InChI is InChI=1S/C16H27N8O8P/c1-7(2)11(17)14(26)24(33(29,30)31)22(4)15(27)12-9(20-21-18)5-10(32-12)23-6-8(3)13(25)19-16(23)28/h6-7,9-12,15,27H,5,17H2,1-4H3,(H,19,25,28)(H2,29,30,31)/t9-,10+,11-,12-,15?/m0/s1. The van der Waals surface area contributed by atoms with Crippen LogP contribution in [-0.2, 0) is 14.1 Å². The summed E-state index contributed by atoms with van der Waals surface area (Å²) >= 11 is 0. The molecule has 2 heterocycles. The molecule has 0 aromatic carbocycles. The van der Waals surface area contributed by atoms with Gasteiger partial charge in [-0.3, -0.25) is 19.1 Å². The predicted molar refractivity (Wildman–Crippen MR) is 113 cm³/mol. The van der Waals surface area contributed by atoms with Gasteiger partial charge in [-0.1, -0.05) is 19.0 Å². The quantitative estimate of drug-likeness (QED) is 0.0734. The van der Waals surface area contributed by atoms with E-state index in [-0.39, 0.29) is 16.8 Å². The number of azide groups is 1. The number of carbonyl (C=O) groups is 1. The van der Waals surface area contributed by atoms with Crippen LogP contribution >= 0.6 is 7.75 Å². The number of nitrogens with zero attached hydrogens (tertiary/aromatic N) is 6. The molecule has 0 bridgehead atoms. The number of ether oxygens (including phenoxy) is 1. The second kappa shape index (κ2) is 10.2. The van der Waals surface area contributed by atoms with Gasteiger partial charge in [0.15, 0.2) is 6.23 Å². The lowest BCUT2D eigenvalue weighted by Crippen LogP contribution is -2.57. The fraction of sp³-hybridized carbons (Fsp3) is 0.688. The molecule has 0 spiro atoms. The molecule has 5 atom stereocenters. The number of rotatable bonds is 8. The van der Waals surface area contributed by atoms with Gasteiger partial charge >= 0.3 is 13.4 Å². The van der Waals surface area contributed by atoms with Gasteiger partial charge in [-0.05, 0) is 18.4 Å². The van der Waals surface area contributed by atoms with E-state index in [1.807, 2.05) is 0 Å². The van der Waals surface area contributed by atoms with Crippen LogP contribution in [0, 0.1) is 12.8 Å². The van der Waals surface area contributed by atoms with Gasteiger partial charge in [-0.15, -0.1) is 0 Å². The summed E-state index contributed by atoms with van der Waals surface area (Å²) < 4.78 is 18.8. The SMILES string of the molecule is Cc1cn([C@H]2C[C@H](N=[N+]=[N-])[C@@H](C(O)N(C)N(C(=O)[C@@H](N)C(C)C)P(=O)(O)O)O2)c(=O)[nH]c1=O. The Morgan fingerprint density at radius 1 is 1.45 bits per heavy atom. The third-order valence-electron chi connectivity index (χ3n) is 5.22. The summed E-state index contributed by atoms with van der Waals surface area (Å²) in [6.45, 7) is 4.60. The zero-order valence-electron chi connectivity index (χ0n) is 18.3. The molecule has 16 nitrogen and oxygen atoms in total. The van der Waals surface area contributed by atoms with Crippen molar-refractivity contribution in [1.29, 1.82) is 0 Å². The Hall–Kier alpha value is -2.55. The van der Waals surface area contributed by atoms with Crippen molar-refractivity contribution in [3.8, 4) is 0 Å². The summed E-state index contributed by atoms with van der Waals surface area (Å²) in [7, 11) is -4.27. The number of hydrogen-bond donors (Lipinski definition) is 5. The van der Waals surface area contributed by atoms with E-state index in [0.717, 1.165) is 11.6 Å². The van der Waals surface area contributed by atoms with E-state index in [0.29, 0.717) is 5.01 Å². The van der Waals surface area contributed by atoms with E-state index < -0.39 is 61.5 Å².